The summed E-state index contributed by atoms with van der Waals surface area (Å²) in [6, 6.07) is 20.0. The Morgan fingerprint density at radius 2 is 1.07 bits per heavy atom. The SMILES string of the molecule is O=S(=O)(O)c1ccc2cccc(N=Nc3cc(N=Nc4ccc(S(=O)(=O)O)c5ccccc45)c(O)cc3O)c2c1.[Na].[Na]. The summed E-state index contributed by atoms with van der Waals surface area (Å²) >= 11 is 0. The van der Waals surface area contributed by atoms with Crippen molar-refractivity contribution in [3.63, 3.8) is 0 Å². The number of aromatic hydroxyl groups is 2. The molecule has 0 aliphatic heterocycles. The number of rotatable bonds is 6. The van der Waals surface area contributed by atoms with Gasteiger partial charge in [-0.3, -0.25) is 9.11 Å². The van der Waals surface area contributed by atoms with Crippen LogP contribution in [0.15, 0.2) is 115 Å². The second-order valence-corrected chi connectivity index (χ2v) is 11.3. The number of azo groups is 2. The molecule has 0 unspecified atom stereocenters. The van der Waals surface area contributed by atoms with Crippen LogP contribution in [0.5, 0.6) is 11.5 Å². The van der Waals surface area contributed by atoms with Crippen LogP contribution in [-0.2, 0) is 20.2 Å². The van der Waals surface area contributed by atoms with Crippen LogP contribution in [0.25, 0.3) is 21.5 Å². The quantitative estimate of drug-likeness (QED) is 0.101. The topological polar surface area (TPSA) is 199 Å². The molecule has 0 aliphatic carbocycles. The maximum atomic E-state index is 11.7. The summed E-state index contributed by atoms with van der Waals surface area (Å²) in [6.07, 6.45) is 0. The summed E-state index contributed by atoms with van der Waals surface area (Å²) in [4.78, 5) is -0.621. The standard InChI is InChI=1S/C26H18N4O8S2.2Na/c31-24-14-25(32)23(30-28-21-10-11-26(40(36,37)38)18-6-2-1-5-17(18)21)13-22(24)29-27-20-7-3-4-15-8-9-16(12-19(15)20)39(33,34)35;;/h1-14,31-32H,(H,33,34,35)(H,36,37,38);;. The van der Waals surface area contributed by atoms with E-state index in [0.717, 1.165) is 6.07 Å². The van der Waals surface area contributed by atoms with Gasteiger partial charge in [0, 0.05) is 87.4 Å². The Labute approximate surface area is 283 Å². The summed E-state index contributed by atoms with van der Waals surface area (Å²) in [5.41, 5.74) is 0.288. The van der Waals surface area contributed by atoms with E-state index in [0.29, 0.717) is 16.2 Å². The van der Waals surface area contributed by atoms with Crippen LogP contribution in [0.2, 0.25) is 0 Å². The van der Waals surface area contributed by atoms with Gasteiger partial charge in [-0.2, -0.15) is 16.8 Å². The van der Waals surface area contributed by atoms with E-state index in [4.69, 9.17) is 0 Å². The first-order chi connectivity index (χ1) is 18.9. The third-order valence-electron chi connectivity index (χ3n) is 5.87. The van der Waals surface area contributed by atoms with E-state index in [2.05, 4.69) is 20.5 Å². The minimum absolute atomic E-state index is 0. The average molecular weight is 625 g/mol. The average Bonchev–Trinajstić information content (AvgIpc) is 2.90. The third-order valence-corrected chi connectivity index (χ3v) is 7.63. The molecule has 0 spiro atoms. The zero-order chi connectivity index (χ0) is 28.7. The molecule has 0 heterocycles. The van der Waals surface area contributed by atoms with Gasteiger partial charge >= 0.3 is 0 Å². The van der Waals surface area contributed by atoms with E-state index in [1.807, 2.05) is 0 Å². The van der Waals surface area contributed by atoms with Gasteiger partial charge in [-0.15, -0.1) is 20.5 Å². The van der Waals surface area contributed by atoms with Crippen LogP contribution in [-0.4, -0.2) is 95.3 Å². The van der Waals surface area contributed by atoms with Crippen molar-refractivity contribution < 1.29 is 36.2 Å². The first-order valence-corrected chi connectivity index (χ1v) is 14.2. The number of hydrogen-bond donors (Lipinski definition) is 4. The minimum atomic E-state index is -4.49. The first-order valence-electron chi connectivity index (χ1n) is 11.3. The molecular formula is C26H18N4Na2O8S2. The Balaban J connectivity index is 0.00000242. The first kappa shape index (κ1) is 33.7. The van der Waals surface area contributed by atoms with Gasteiger partial charge in [0.05, 0.1) is 16.3 Å². The number of phenols is 2. The molecule has 5 aromatic rings. The maximum Gasteiger partial charge on any atom is 0.295 e. The molecular weight excluding hydrogens is 606 g/mol. The smallest absolute Gasteiger partial charge is 0.295 e. The fraction of sp³-hybridized carbons (Fsp3) is 0. The van der Waals surface area contributed by atoms with Crippen LogP contribution in [0.1, 0.15) is 0 Å². The second-order valence-electron chi connectivity index (χ2n) is 8.47. The summed E-state index contributed by atoms with van der Waals surface area (Å²) in [6.45, 7) is 0. The monoisotopic (exact) mass is 624 g/mol. The zero-order valence-electron chi connectivity index (χ0n) is 22.1. The minimum Gasteiger partial charge on any atom is -0.505 e. The van der Waals surface area contributed by atoms with Crippen LogP contribution < -0.4 is 0 Å². The van der Waals surface area contributed by atoms with Crippen molar-refractivity contribution in [2.24, 2.45) is 20.5 Å². The van der Waals surface area contributed by atoms with Crippen molar-refractivity contribution in [2.45, 2.75) is 9.79 Å². The van der Waals surface area contributed by atoms with Gasteiger partial charge in [0.1, 0.15) is 27.8 Å². The molecule has 16 heteroatoms. The number of fused-ring (bicyclic) bond motifs is 2. The van der Waals surface area contributed by atoms with Gasteiger partial charge < -0.3 is 10.2 Å². The van der Waals surface area contributed by atoms with Crippen LogP contribution in [0.4, 0.5) is 22.7 Å². The molecule has 5 aromatic carbocycles. The van der Waals surface area contributed by atoms with Gasteiger partial charge in [0.15, 0.2) is 0 Å². The van der Waals surface area contributed by atoms with E-state index in [1.54, 1.807) is 36.4 Å². The summed E-state index contributed by atoms with van der Waals surface area (Å²) in [5, 5.41) is 38.5. The van der Waals surface area contributed by atoms with E-state index in [1.165, 1.54) is 42.5 Å². The van der Waals surface area contributed by atoms with Gasteiger partial charge in [-0.1, -0.05) is 42.5 Å². The molecule has 0 fully saturated rings. The normalized spacial score (nSPS) is 12.0. The van der Waals surface area contributed by atoms with Gasteiger partial charge in [-0.05, 0) is 35.7 Å². The zero-order valence-corrected chi connectivity index (χ0v) is 27.7. The van der Waals surface area contributed by atoms with Crippen molar-refractivity contribution in [3.05, 3.63) is 84.9 Å². The van der Waals surface area contributed by atoms with Gasteiger partial charge in [0.25, 0.3) is 20.2 Å². The van der Waals surface area contributed by atoms with E-state index in [-0.39, 0.29) is 97.0 Å². The van der Waals surface area contributed by atoms with Crippen LogP contribution in [0.3, 0.4) is 0 Å². The molecule has 0 aliphatic rings. The van der Waals surface area contributed by atoms with E-state index < -0.39 is 31.7 Å². The Bertz CT molecular complexity index is 2070. The van der Waals surface area contributed by atoms with Crippen molar-refractivity contribution in [2.75, 3.05) is 0 Å². The molecule has 0 saturated carbocycles. The molecule has 4 N–H and O–H groups in total. The number of phenolic OH excluding ortho intramolecular Hbond substituents is 2. The Kier molecular flexibility index (Phi) is 10.7. The largest absolute Gasteiger partial charge is 0.505 e. The molecule has 42 heavy (non-hydrogen) atoms. The van der Waals surface area contributed by atoms with Crippen molar-refractivity contribution in [3.8, 4) is 11.5 Å². The second kappa shape index (κ2) is 13.3. The molecule has 204 valence electrons. The molecule has 0 saturated heterocycles. The molecule has 0 atom stereocenters. The number of nitrogens with zero attached hydrogens (tertiary/aromatic N) is 4. The van der Waals surface area contributed by atoms with Crippen LogP contribution in [0, 0.1) is 0 Å². The predicted molar refractivity (Wildman–Crippen MR) is 157 cm³/mol. The molecule has 0 amide bonds. The summed E-state index contributed by atoms with van der Waals surface area (Å²) < 4.78 is 65.5. The van der Waals surface area contributed by atoms with Crippen molar-refractivity contribution >= 4 is 124 Å². The number of hydrogen-bond acceptors (Lipinski definition) is 10. The molecule has 5 rings (SSSR count). The molecule has 0 bridgehead atoms. The van der Waals surface area contributed by atoms with E-state index in [9.17, 15) is 36.2 Å². The fourth-order valence-electron chi connectivity index (χ4n) is 3.98. The van der Waals surface area contributed by atoms with Crippen molar-refractivity contribution in [1.82, 2.24) is 0 Å². The molecule has 12 nitrogen and oxygen atoms in total. The van der Waals surface area contributed by atoms with Gasteiger partial charge in [0.2, 0.25) is 0 Å². The van der Waals surface area contributed by atoms with Gasteiger partial charge in [-0.25, -0.2) is 0 Å². The van der Waals surface area contributed by atoms with E-state index >= 15 is 0 Å². The summed E-state index contributed by atoms with van der Waals surface area (Å²) in [7, 11) is -8.94. The van der Waals surface area contributed by atoms with Crippen molar-refractivity contribution in [1.29, 1.82) is 0 Å². The Hall–Kier alpha value is -2.76. The Morgan fingerprint density at radius 3 is 1.67 bits per heavy atom. The third kappa shape index (κ3) is 7.23. The molecule has 0 aromatic heterocycles. The molecule has 2 radical (unpaired) electrons. The maximum absolute atomic E-state index is 11.7. The number of benzene rings is 5. The Morgan fingerprint density at radius 1 is 0.500 bits per heavy atom. The van der Waals surface area contributed by atoms with Crippen LogP contribution >= 0.6 is 0 Å². The predicted octanol–water partition coefficient (Wildman–Crippen LogP) is 5.97. The summed E-state index contributed by atoms with van der Waals surface area (Å²) in [5.74, 6) is -0.857. The fourth-order valence-corrected chi connectivity index (χ4v) is 5.18.